The molecule has 6 heteroatoms. The zero-order valence-corrected chi connectivity index (χ0v) is 13.0. The van der Waals surface area contributed by atoms with Gasteiger partial charge in [0, 0.05) is 36.1 Å². The molecule has 1 amide bonds. The van der Waals surface area contributed by atoms with Crippen molar-refractivity contribution in [1.82, 2.24) is 9.88 Å². The van der Waals surface area contributed by atoms with E-state index in [9.17, 15) is 14.3 Å². The van der Waals surface area contributed by atoms with E-state index in [1.54, 1.807) is 6.07 Å². The summed E-state index contributed by atoms with van der Waals surface area (Å²) in [6, 6.07) is 7.98. The number of nitrogens with zero attached hydrogens (tertiary/aromatic N) is 1. The Morgan fingerprint density at radius 2 is 2.18 bits per heavy atom. The Hall–Kier alpha value is -1.85. The van der Waals surface area contributed by atoms with Gasteiger partial charge < -0.3 is 15.0 Å². The van der Waals surface area contributed by atoms with Gasteiger partial charge in [0.05, 0.1) is 12.5 Å². The quantitative estimate of drug-likeness (QED) is 0.858. The van der Waals surface area contributed by atoms with Crippen LogP contribution in [0.4, 0.5) is 4.39 Å². The average molecular weight is 325 g/mol. The lowest BCUT2D eigenvalue weighted by atomic mass is 10.1. The first kappa shape index (κ1) is 16.5. The molecule has 0 radical (unpaired) electrons. The van der Waals surface area contributed by atoms with E-state index in [0.717, 1.165) is 5.69 Å². The number of aliphatic hydroxyl groups is 1. The average Bonchev–Trinajstić information content (AvgIpc) is 2.89. The highest BCUT2D eigenvalue weighted by Crippen LogP contribution is 2.19. The molecule has 1 aromatic carbocycles. The molecule has 4 nitrogen and oxygen atoms in total. The third-order valence-electron chi connectivity index (χ3n) is 3.46. The first-order valence-corrected chi connectivity index (χ1v) is 7.35. The predicted molar refractivity (Wildman–Crippen MR) is 83.1 cm³/mol. The van der Waals surface area contributed by atoms with Crippen LogP contribution >= 0.6 is 11.6 Å². The van der Waals surface area contributed by atoms with Crippen molar-refractivity contribution in [2.45, 2.75) is 18.9 Å². The van der Waals surface area contributed by atoms with Crippen LogP contribution in [0.5, 0.6) is 0 Å². The maximum Gasteiger partial charge on any atom is 0.224 e. The number of aliphatic hydroxyl groups excluding tert-OH is 1. The minimum atomic E-state index is -0.655. The monoisotopic (exact) mass is 324 g/mol. The molecule has 0 aliphatic heterocycles. The van der Waals surface area contributed by atoms with E-state index in [4.69, 9.17) is 11.6 Å². The highest BCUT2D eigenvalue weighted by molar-refractivity contribution is 6.31. The maximum atomic E-state index is 13.6. The van der Waals surface area contributed by atoms with Crippen LogP contribution in [-0.4, -0.2) is 22.1 Å². The minimum absolute atomic E-state index is 0.119. The summed E-state index contributed by atoms with van der Waals surface area (Å²) in [6.45, 7) is 0.303. The van der Waals surface area contributed by atoms with Gasteiger partial charge in [-0.25, -0.2) is 4.39 Å². The summed E-state index contributed by atoms with van der Waals surface area (Å²) >= 11 is 5.88. The second-order valence-corrected chi connectivity index (χ2v) is 5.48. The zero-order chi connectivity index (χ0) is 16.1. The Morgan fingerprint density at radius 1 is 1.41 bits per heavy atom. The number of aromatic nitrogens is 1. The first-order valence-electron chi connectivity index (χ1n) is 6.98. The Bertz CT molecular complexity index is 637. The fraction of sp³-hybridized carbons (Fsp3) is 0.312. The molecule has 1 heterocycles. The van der Waals surface area contributed by atoms with E-state index < -0.39 is 11.9 Å². The van der Waals surface area contributed by atoms with E-state index in [-0.39, 0.29) is 22.9 Å². The van der Waals surface area contributed by atoms with E-state index >= 15 is 0 Å². The van der Waals surface area contributed by atoms with Crippen molar-refractivity contribution in [1.29, 1.82) is 0 Å². The van der Waals surface area contributed by atoms with Crippen molar-refractivity contribution in [2.24, 2.45) is 7.05 Å². The molecule has 2 aromatic rings. The molecule has 1 atom stereocenters. The van der Waals surface area contributed by atoms with Gasteiger partial charge in [0.25, 0.3) is 0 Å². The van der Waals surface area contributed by atoms with Crippen molar-refractivity contribution in [3.05, 3.63) is 58.6 Å². The van der Waals surface area contributed by atoms with Crippen LogP contribution in [0.1, 0.15) is 23.8 Å². The SMILES string of the molecule is Cn1cccc1C(O)CCNC(=O)Cc1c(F)cccc1Cl. The van der Waals surface area contributed by atoms with Crippen molar-refractivity contribution in [3.8, 4) is 0 Å². The fourth-order valence-electron chi connectivity index (χ4n) is 2.24. The van der Waals surface area contributed by atoms with Crippen molar-refractivity contribution in [3.63, 3.8) is 0 Å². The summed E-state index contributed by atoms with van der Waals surface area (Å²) < 4.78 is 15.4. The fourth-order valence-corrected chi connectivity index (χ4v) is 2.47. The third kappa shape index (κ3) is 4.08. The number of benzene rings is 1. The molecule has 0 aliphatic rings. The van der Waals surface area contributed by atoms with Crippen molar-refractivity contribution < 1.29 is 14.3 Å². The Balaban J connectivity index is 1.82. The number of hydrogen-bond acceptors (Lipinski definition) is 2. The van der Waals surface area contributed by atoms with Gasteiger partial charge in [-0.1, -0.05) is 17.7 Å². The van der Waals surface area contributed by atoms with Gasteiger partial charge in [-0.15, -0.1) is 0 Å². The summed E-state index contributed by atoms with van der Waals surface area (Å²) in [6.07, 6.45) is 1.45. The van der Waals surface area contributed by atoms with Crippen molar-refractivity contribution in [2.75, 3.05) is 6.54 Å². The summed E-state index contributed by atoms with van der Waals surface area (Å²) in [5, 5.41) is 12.9. The largest absolute Gasteiger partial charge is 0.387 e. The number of rotatable bonds is 6. The number of carbonyl (C=O) groups excluding carboxylic acids is 1. The normalized spacial score (nSPS) is 12.2. The topological polar surface area (TPSA) is 54.3 Å². The van der Waals surface area contributed by atoms with E-state index in [1.807, 2.05) is 29.9 Å². The maximum absolute atomic E-state index is 13.6. The van der Waals surface area contributed by atoms with Crippen LogP contribution in [0, 0.1) is 5.82 Å². The van der Waals surface area contributed by atoms with Gasteiger partial charge in [0.1, 0.15) is 5.82 Å². The molecular formula is C16H18ClFN2O2. The van der Waals surface area contributed by atoms with Crippen LogP contribution in [0.3, 0.4) is 0 Å². The van der Waals surface area contributed by atoms with Gasteiger partial charge in [0.15, 0.2) is 0 Å². The molecule has 0 fully saturated rings. The molecule has 2 N–H and O–H groups in total. The van der Waals surface area contributed by atoms with Crippen molar-refractivity contribution >= 4 is 17.5 Å². The molecule has 2 rings (SSSR count). The molecular weight excluding hydrogens is 307 g/mol. The molecule has 1 unspecified atom stereocenters. The van der Waals surface area contributed by atoms with E-state index in [2.05, 4.69) is 5.32 Å². The summed E-state index contributed by atoms with van der Waals surface area (Å²) in [4.78, 5) is 11.8. The Kier molecular flexibility index (Phi) is 5.57. The molecule has 0 aliphatic carbocycles. The lowest BCUT2D eigenvalue weighted by Gasteiger charge is -2.13. The number of carbonyl (C=O) groups is 1. The highest BCUT2D eigenvalue weighted by atomic mass is 35.5. The molecule has 0 saturated carbocycles. The van der Waals surface area contributed by atoms with Crippen LogP contribution in [0.2, 0.25) is 5.02 Å². The van der Waals surface area contributed by atoms with Crippen LogP contribution in [0.25, 0.3) is 0 Å². The van der Waals surface area contributed by atoms with Crippen LogP contribution in [0.15, 0.2) is 36.5 Å². The molecule has 118 valence electrons. The van der Waals surface area contributed by atoms with Gasteiger partial charge in [0.2, 0.25) is 5.91 Å². The van der Waals surface area contributed by atoms with Gasteiger partial charge in [-0.2, -0.15) is 0 Å². The summed E-state index contributed by atoms with van der Waals surface area (Å²) in [5.74, 6) is -0.822. The molecule has 0 spiro atoms. The number of halogens is 2. The minimum Gasteiger partial charge on any atom is -0.387 e. The lowest BCUT2D eigenvalue weighted by molar-refractivity contribution is -0.120. The second-order valence-electron chi connectivity index (χ2n) is 5.08. The number of hydrogen-bond donors (Lipinski definition) is 2. The van der Waals surface area contributed by atoms with Crippen LogP contribution in [-0.2, 0) is 18.3 Å². The standard InChI is InChI=1S/C16H18ClFN2O2/c1-20-9-3-6-14(20)15(21)7-8-19-16(22)10-11-12(17)4-2-5-13(11)18/h2-6,9,15,21H,7-8,10H2,1H3,(H,19,22). The predicted octanol–water partition coefficient (Wildman–Crippen LogP) is 2.60. The molecule has 22 heavy (non-hydrogen) atoms. The first-order chi connectivity index (χ1) is 10.5. The van der Waals surface area contributed by atoms with Gasteiger partial charge in [-0.05, 0) is 30.7 Å². The summed E-state index contributed by atoms with van der Waals surface area (Å²) in [7, 11) is 1.84. The Labute approximate surface area is 133 Å². The molecule has 0 bridgehead atoms. The highest BCUT2D eigenvalue weighted by Gasteiger charge is 2.13. The third-order valence-corrected chi connectivity index (χ3v) is 3.82. The number of aryl methyl sites for hydroxylation is 1. The Morgan fingerprint density at radius 3 is 2.82 bits per heavy atom. The smallest absolute Gasteiger partial charge is 0.224 e. The van der Waals surface area contributed by atoms with E-state index in [1.165, 1.54) is 12.1 Å². The zero-order valence-electron chi connectivity index (χ0n) is 12.2. The second kappa shape index (κ2) is 7.42. The van der Waals surface area contributed by atoms with E-state index in [0.29, 0.717) is 13.0 Å². The molecule has 1 aromatic heterocycles. The number of nitrogens with one attached hydrogen (secondary N) is 1. The molecule has 0 saturated heterocycles. The number of amides is 1. The van der Waals surface area contributed by atoms with Gasteiger partial charge >= 0.3 is 0 Å². The van der Waals surface area contributed by atoms with Gasteiger partial charge in [-0.3, -0.25) is 4.79 Å². The lowest BCUT2D eigenvalue weighted by Crippen LogP contribution is -2.27. The summed E-state index contributed by atoms with van der Waals surface area (Å²) in [5.41, 5.74) is 0.969. The van der Waals surface area contributed by atoms with Crippen LogP contribution < -0.4 is 5.32 Å².